The third kappa shape index (κ3) is 2.66. The molecule has 0 unspecified atom stereocenters. The number of nitrogen functional groups attached to an aromatic ring is 1. The van der Waals surface area contributed by atoms with Gasteiger partial charge in [-0.2, -0.15) is 0 Å². The van der Waals surface area contributed by atoms with Crippen LogP contribution in [0.4, 0.5) is 0 Å². The molecule has 0 fully saturated rings. The molecule has 0 spiro atoms. The van der Waals surface area contributed by atoms with Crippen LogP contribution in [-0.2, 0) is 0 Å². The quantitative estimate of drug-likeness (QED) is 0.567. The van der Waals surface area contributed by atoms with Gasteiger partial charge in [0.15, 0.2) is 0 Å². The standard InChI is InChI=1S/C16H12ClN3O/c17-14-13(15(18)19)7-8-20-16(14)21-12-6-5-10-3-1-2-4-11(10)9-12/h1-9H,(H3,18,19). The van der Waals surface area contributed by atoms with E-state index in [4.69, 9.17) is 27.5 Å². The third-order valence-electron chi connectivity index (χ3n) is 3.08. The molecule has 0 atom stereocenters. The van der Waals surface area contributed by atoms with Crippen LogP contribution in [0.5, 0.6) is 11.6 Å². The van der Waals surface area contributed by atoms with E-state index in [1.807, 2.05) is 42.5 Å². The summed E-state index contributed by atoms with van der Waals surface area (Å²) >= 11 is 6.16. The first-order chi connectivity index (χ1) is 10.1. The number of nitrogens with zero attached hydrogens (tertiary/aromatic N) is 1. The molecule has 0 aliphatic heterocycles. The van der Waals surface area contributed by atoms with Gasteiger partial charge in [-0.1, -0.05) is 41.9 Å². The van der Waals surface area contributed by atoms with Gasteiger partial charge < -0.3 is 10.5 Å². The molecule has 0 aliphatic carbocycles. The average molecular weight is 298 g/mol. The predicted octanol–water partition coefficient (Wildman–Crippen LogP) is 3.96. The Morgan fingerprint density at radius 3 is 2.62 bits per heavy atom. The number of ether oxygens (including phenoxy) is 1. The summed E-state index contributed by atoms with van der Waals surface area (Å²) in [6, 6.07) is 15.3. The summed E-state index contributed by atoms with van der Waals surface area (Å²) in [6.07, 6.45) is 1.51. The Morgan fingerprint density at radius 1 is 1.10 bits per heavy atom. The van der Waals surface area contributed by atoms with Crippen LogP contribution < -0.4 is 10.5 Å². The van der Waals surface area contributed by atoms with Crippen LogP contribution in [-0.4, -0.2) is 10.8 Å². The van der Waals surface area contributed by atoms with Crippen molar-refractivity contribution < 1.29 is 4.74 Å². The van der Waals surface area contributed by atoms with E-state index in [9.17, 15) is 0 Å². The van der Waals surface area contributed by atoms with Gasteiger partial charge in [0.1, 0.15) is 16.6 Å². The number of hydrogen-bond acceptors (Lipinski definition) is 3. The second-order valence-corrected chi connectivity index (χ2v) is 4.88. The lowest BCUT2D eigenvalue weighted by molar-refractivity contribution is 0.464. The zero-order valence-corrected chi connectivity index (χ0v) is 11.8. The molecular formula is C16H12ClN3O. The van der Waals surface area contributed by atoms with E-state index in [-0.39, 0.29) is 16.7 Å². The SMILES string of the molecule is N=C(N)c1ccnc(Oc2ccc3ccccc3c2)c1Cl. The first-order valence-corrected chi connectivity index (χ1v) is 6.68. The fourth-order valence-electron chi connectivity index (χ4n) is 2.05. The first kappa shape index (κ1) is 13.4. The molecule has 1 aromatic heterocycles. The Kier molecular flexibility index (Phi) is 3.46. The number of nitrogens with one attached hydrogen (secondary N) is 1. The van der Waals surface area contributed by atoms with E-state index in [0.29, 0.717) is 11.3 Å². The summed E-state index contributed by atoms with van der Waals surface area (Å²) in [4.78, 5) is 4.09. The molecule has 1 heterocycles. The number of halogens is 1. The summed E-state index contributed by atoms with van der Waals surface area (Å²) in [5.41, 5.74) is 5.87. The topological polar surface area (TPSA) is 72.0 Å². The van der Waals surface area contributed by atoms with Crippen LogP contribution in [0.15, 0.2) is 54.7 Å². The van der Waals surface area contributed by atoms with Crippen molar-refractivity contribution in [2.24, 2.45) is 5.73 Å². The molecule has 21 heavy (non-hydrogen) atoms. The van der Waals surface area contributed by atoms with Crippen LogP contribution in [0, 0.1) is 5.41 Å². The molecule has 0 saturated heterocycles. The number of aromatic nitrogens is 1. The highest BCUT2D eigenvalue weighted by molar-refractivity contribution is 6.35. The Bertz CT molecular complexity index is 833. The number of nitrogens with two attached hydrogens (primary N) is 1. The summed E-state index contributed by atoms with van der Waals surface area (Å²) in [7, 11) is 0. The molecule has 104 valence electrons. The predicted molar refractivity (Wildman–Crippen MR) is 84.3 cm³/mol. The smallest absolute Gasteiger partial charge is 0.238 e. The number of rotatable bonds is 3. The van der Waals surface area contributed by atoms with Crippen LogP contribution >= 0.6 is 11.6 Å². The summed E-state index contributed by atoms with van der Waals surface area (Å²) in [5.74, 6) is 0.745. The van der Waals surface area contributed by atoms with Gasteiger partial charge in [0.05, 0.1) is 0 Å². The lowest BCUT2D eigenvalue weighted by Gasteiger charge is -2.09. The lowest BCUT2D eigenvalue weighted by atomic mass is 10.1. The van der Waals surface area contributed by atoms with Crippen molar-refractivity contribution in [3.05, 3.63) is 65.3 Å². The maximum absolute atomic E-state index is 7.47. The molecule has 0 saturated carbocycles. The van der Waals surface area contributed by atoms with E-state index in [1.165, 1.54) is 6.20 Å². The number of amidine groups is 1. The molecule has 5 heteroatoms. The molecule has 3 rings (SSSR count). The van der Waals surface area contributed by atoms with Crippen molar-refractivity contribution in [2.75, 3.05) is 0 Å². The van der Waals surface area contributed by atoms with E-state index >= 15 is 0 Å². The minimum atomic E-state index is -0.120. The molecule has 4 nitrogen and oxygen atoms in total. The lowest BCUT2D eigenvalue weighted by Crippen LogP contribution is -2.12. The van der Waals surface area contributed by atoms with Gasteiger partial charge in [0, 0.05) is 11.8 Å². The minimum Gasteiger partial charge on any atom is -0.437 e. The highest BCUT2D eigenvalue weighted by Crippen LogP contribution is 2.31. The van der Waals surface area contributed by atoms with E-state index < -0.39 is 0 Å². The van der Waals surface area contributed by atoms with E-state index in [1.54, 1.807) is 6.07 Å². The van der Waals surface area contributed by atoms with Crippen LogP contribution in [0.2, 0.25) is 5.02 Å². The van der Waals surface area contributed by atoms with Crippen molar-refractivity contribution in [1.82, 2.24) is 4.98 Å². The Hall–Kier alpha value is -2.59. The fourth-order valence-corrected chi connectivity index (χ4v) is 2.30. The zero-order chi connectivity index (χ0) is 14.8. The monoisotopic (exact) mass is 297 g/mol. The average Bonchev–Trinajstić information content (AvgIpc) is 2.49. The second kappa shape index (κ2) is 5.42. The molecule has 0 radical (unpaired) electrons. The number of pyridine rings is 1. The maximum Gasteiger partial charge on any atom is 0.238 e. The van der Waals surface area contributed by atoms with Gasteiger partial charge >= 0.3 is 0 Å². The van der Waals surface area contributed by atoms with E-state index in [0.717, 1.165) is 10.8 Å². The van der Waals surface area contributed by atoms with Crippen molar-refractivity contribution in [1.29, 1.82) is 5.41 Å². The molecule has 2 aromatic carbocycles. The van der Waals surface area contributed by atoms with Crippen molar-refractivity contribution in [3.63, 3.8) is 0 Å². The largest absolute Gasteiger partial charge is 0.437 e. The van der Waals surface area contributed by atoms with Crippen LogP contribution in [0.3, 0.4) is 0 Å². The second-order valence-electron chi connectivity index (χ2n) is 4.50. The van der Waals surface area contributed by atoms with Crippen LogP contribution in [0.25, 0.3) is 10.8 Å². The zero-order valence-electron chi connectivity index (χ0n) is 11.0. The normalized spacial score (nSPS) is 10.5. The fraction of sp³-hybridized carbons (Fsp3) is 0. The van der Waals surface area contributed by atoms with Crippen molar-refractivity contribution in [3.8, 4) is 11.6 Å². The highest BCUT2D eigenvalue weighted by Gasteiger charge is 2.11. The Morgan fingerprint density at radius 2 is 1.86 bits per heavy atom. The summed E-state index contributed by atoms with van der Waals surface area (Å²) < 4.78 is 5.71. The van der Waals surface area contributed by atoms with Crippen molar-refractivity contribution >= 4 is 28.2 Å². The van der Waals surface area contributed by atoms with Gasteiger partial charge in [-0.3, -0.25) is 5.41 Å². The number of hydrogen-bond donors (Lipinski definition) is 2. The molecule has 0 bridgehead atoms. The molecule has 3 N–H and O–H groups in total. The minimum absolute atomic E-state index is 0.120. The first-order valence-electron chi connectivity index (χ1n) is 6.31. The number of fused-ring (bicyclic) bond motifs is 1. The number of benzene rings is 2. The summed E-state index contributed by atoms with van der Waals surface area (Å²) in [5, 5.41) is 9.89. The van der Waals surface area contributed by atoms with Gasteiger partial charge in [-0.15, -0.1) is 0 Å². The van der Waals surface area contributed by atoms with Crippen molar-refractivity contribution in [2.45, 2.75) is 0 Å². The Balaban J connectivity index is 1.98. The van der Waals surface area contributed by atoms with Gasteiger partial charge in [0.2, 0.25) is 5.88 Å². The van der Waals surface area contributed by atoms with Gasteiger partial charge in [-0.05, 0) is 29.0 Å². The Labute approximate surface area is 126 Å². The molecule has 3 aromatic rings. The van der Waals surface area contributed by atoms with Gasteiger partial charge in [-0.25, -0.2) is 4.98 Å². The van der Waals surface area contributed by atoms with E-state index in [2.05, 4.69) is 4.98 Å². The van der Waals surface area contributed by atoms with Gasteiger partial charge in [0.25, 0.3) is 0 Å². The summed E-state index contributed by atoms with van der Waals surface area (Å²) in [6.45, 7) is 0. The highest BCUT2D eigenvalue weighted by atomic mass is 35.5. The maximum atomic E-state index is 7.47. The molecular weight excluding hydrogens is 286 g/mol. The molecule has 0 amide bonds. The third-order valence-corrected chi connectivity index (χ3v) is 3.45. The van der Waals surface area contributed by atoms with Crippen LogP contribution in [0.1, 0.15) is 5.56 Å². The molecule has 0 aliphatic rings.